The molecule has 1 aromatic rings. The number of thiocarbonyl (C=S) groups is 1. The molecule has 0 aliphatic carbocycles. The fraction of sp³-hybridized carbons (Fsp3) is 0.500. The maximum atomic E-state index is 6.26. The van der Waals surface area contributed by atoms with Crippen molar-refractivity contribution < 1.29 is 14.2 Å². The number of methoxy groups -OCH3 is 2. The lowest BCUT2D eigenvalue weighted by atomic mass is 10.2. The van der Waals surface area contributed by atoms with Gasteiger partial charge >= 0.3 is 0 Å². The highest BCUT2D eigenvalue weighted by Gasteiger charge is 2.11. The average Bonchev–Trinajstić information content (AvgIpc) is 2.53. The van der Waals surface area contributed by atoms with Crippen molar-refractivity contribution in [2.24, 2.45) is 5.10 Å². The number of rotatable bonds is 9. The number of benzene rings is 1. The van der Waals surface area contributed by atoms with Crippen molar-refractivity contribution in [3.05, 3.63) is 22.7 Å². The summed E-state index contributed by atoms with van der Waals surface area (Å²) in [6.45, 7) is 5.11. The largest absolute Gasteiger partial charge is 0.493 e. The molecule has 0 saturated heterocycles. The van der Waals surface area contributed by atoms with Gasteiger partial charge < -0.3 is 19.5 Å². The fourth-order valence-corrected chi connectivity index (χ4v) is 2.40. The van der Waals surface area contributed by atoms with Crippen LogP contribution in [-0.2, 0) is 4.74 Å². The van der Waals surface area contributed by atoms with Gasteiger partial charge in [0, 0.05) is 13.2 Å². The molecule has 0 unspecified atom stereocenters. The van der Waals surface area contributed by atoms with E-state index < -0.39 is 0 Å². The Hall–Kier alpha value is -1.57. The van der Waals surface area contributed by atoms with Crippen LogP contribution < -0.4 is 20.2 Å². The summed E-state index contributed by atoms with van der Waals surface area (Å²) in [7, 11) is 3.21. The topological polar surface area (TPSA) is 64.1 Å². The summed E-state index contributed by atoms with van der Waals surface area (Å²) in [4.78, 5) is 0. The molecule has 1 rings (SSSR count). The van der Waals surface area contributed by atoms with Crippen LogP contribution in [0.2, 0.25) is 5.02 Å². The molecule has 0 saturated carbocycles. The summed E-state index contributed by atoms with van der Waals surface area (Å²) in [5.74, 6) is 1.10. The second kappa shape index (κ2) is 11.1. The van der Waals surface area contributed by atoms with E-state index in [9.17, 15) is 0 Å². The standard InChI is InChI=1S/C16H24ClN3O3S/c1-5-6-23-15-13(17)7-12(8-14(15)22-4)9-18-20-16(24)19-11(2)10-21-3/h7-9,11H,5-6,10H2,1-4H3,(H2,19,20,24)/b18-9-/t11-/m0/s1. The van der Waals surface area contributed by atoms with Crippen LogP contribution in [0.15, 0.2) is 17.2 Å². The molecule has 1 aromatic carbocycles. The number of halogens is 1. The maximum Gasteiger partial charge on any atom is 0.187 e. The number of hydrogen-bond donors (Lipinski definition) is 2. The van der Waals surface area contributed by atoms with Crippen molar-refractivity contribution in [1.82, 2.24) is 10.7 Å². The van der Waals surface area contributed by atoms with Crippen molar-refractivity contribution in [2.45, 2.75) is 26.3 Å². The summed E-state index contributed by atoms with van der Waals surface area (Å²) in [6, 6.07) is 3.64. The van der Waals surface area contributed by atoms with Gasteiger partial charge in [-0.3, -0.25) is 5.43 Å². The van der Waals surface area contributed by atoms with Crippen molar-refractivity contribution in [3.8, 4) is 11.5 Å². The summed E-state index contributed by atoms with van der Waals surface area (Å²) >= 11 is 11.4. The van der Waals surface area contributed by atoms with Crippen LogP contribution in [0.25, 0.3) is 0 Å². The second-order valence-corrected chi connectivity index (χ2v) is 5.90. The van der Waals surface area contributed by atoms with Gasteiger partial charge in [-0.15, -0.1) is 0 Å². The Balaban J connectivity index is 2.70. The van der Waals surface area contributed by atoms with Crippen molar-refractivity contribution >= 4 is 35.1 Å². The van der Waals surface area contributed by atoms with E-state index >= 15 is 0 Å². The molecule has 24 heavy (non-hydrogen) atoms. The van der Waals surface area contributed by atoms with Gasteiger partial charge in [-0.1, -0.05) is 18.5 Å². The highest BCUT2D eigenvalue weighted by atomic mass is 35.5. The fourth-order valence-electron chi connectivity index (χ4n) is 1.87. The van der Waals surface area contributed by atoms with Crippen molar-refractivity contribution in [3.63, 3.8) is 0 Å². The number of ether oxygens (including phenoxy) is 3. The summed E-state index contributed by atoms with van der Waals surface area (Å²) in [5, 5.41) is 8.02. The Morgan fingerprint density at radius 1 is 1.42 bits per heavy atom. The monoisotopic (exact) mass is 373 g/mol. The minimum atomic E-state index is 0.0923. The van der Waals surface area contributed by atoms with Crippen LogP contribution in [0.5, 0.6) is 11.5 Å². The SMILES string of the molecule is CCCOc1c(Cl)cc(/C=N\NC(=S)N[C@@H](C)COC)cc1OC. The molecule has 0 aliphatic rings. The van der Waals surface area contributed by atoms with Gasteiger partial charge in [0.05, 0.1) is 31.6 Å². The quantitative estimate of drug-likeness (QED) is 0.394. The lowest BCUT2D eigenvalue weighted by Gasteiger charge is -2.14. The number of hydrazone groups is 1. The summed E-state index contributed by atoms with van der Waals surface area (Å²) in [6.07, 6.45) is 2.49. The zero-order valence-electron chi connectivity index (χ0n) is 14.4. The molecule has 0 spiro atoms. The van der Waals surface area contributed by atoms with Crippen LogP contribution in [0.1, 0.15) is 25.8 Å². The first kappa shape index (κ1) is 20.5. The molecule has 1 atom stereocenters. The van der Waals surface area contributed by atoms with Gasteiger partial charge in [-0.2, -0.15) is 5.10 Å². The smallest absolute Gasteiger partial charge is 0.187 e. The van der Waals surface area contributed by atoms with Crippen LogP contribution in [-0.4, -0.2) is 44.8 Å². The normalized spacial score (nSPS) is 12.0. The Labute approximate surface area is 153 Å². The summed E-state index contributed by atoms with van der Waals surface area (Å²) < 4.78 is 16.0. The van der Waals surface area contributed by atoms with Gasteiger partial charge in [0.2, 0.25) is 0 Å². The lowest BCUT2D eigenvalue weighted by Crippen LogP contribution is -2.40. The first-order valence-electron chi connectivity index (χ1n) is 7.60. The van der Waals surface area contributed by atoms with E-state index in [-0.39, 0.29) is 6.04 Å². The molecule has 0 radical (unpaired) electrons. The zero-order chi connectivity index (χ0) is 17.9. The Kier molecular flexibility index (Phi) is 9.44. The average molecular weight is 374 g/mol. The molecule has 2 N–H and O–H groups in total. The molecular weight excluding hydrogens is 350 g/mol. The molecule has 0 heterocycles. The maximum absolute atomic E-state index is 6.26. The van der Waals surface area contributed by atoms with Gasteiger partial charge in [0.15, 0.2) is 16.6 Å². The molecule has 0 amide bonds. The van der Waals surface area contributed by atoms with Gasteiger partial charge in [0.25, 0.3) is 0 Å². The third-order valence-electron chi connectivity index (χ3n) is 2.88. The van der Waals surface area contributed by atoms with E-state index in [1.807, 2.05) is 13.8 Å². The first-order valence-corrected chi connectivity index (χ1v) is 8.39. The predicted molar refractivity (Wildman–Crippen MR) is 102 cm³/mol. The number of hydrogen-bond acceptors (Lipinski definition) is 5. The van der Waals surface area contributed by atoms with Crippen LogP contribution in [0.4, 0.5) is 0 Å². The molecule has 6 nitrogen and oxygen atoms in total. The lowest BCUT2D eigenvalue weighted by molar-refractivity contribution is 0.179. The molecule has 0 aromatic heterocycles. The molecule has 8 heteroatoms. The number of nitrogens with zero attached hydrogens (tertiary/aromatic N) is 1. The predicted octanol–water partition coefficient (Wildman–Crippen LogP) is 2.97. The Morgan fingerprint density at radius 2 is 2.17 bits per heavy atom. The van der Waals surface area contributed by atoms with Gasteiger partial charge in [0.1, 0.15) is 0 Å². The molecule has 0 bridgehead atoms. The highest BCUT2D eigenvalue weighted by molar-refractivity contribution is 7.80. The van der Waals surface area contributed by atoms with E-state index in [0.29, 0.717) is 34.8 Å². The van der Waals surface area contributed by atoms with E-state index in [1.165, 1.54) is 0 Å². The van der Waals surface area contributed by atoms with Crippen LogP contribution in [0.3, 0.4) is 0 Å². The third kappa shape index (κ3) is 6.90. The molecule has 0 aliphatic heterocycles. The highest BCUT2D eigenvalue weighted by Crippen LogP contribution is 2.36. The van der Waals surface area contributed by atoms with Gasteiger partial charge in [-0.25, -0.2) is 0 Å². The van der Waals surface area contributed by atoms with Gasteiger partial charge in [-0.05, 0) is 43.3 Å². The second-order valence-electron chi connectivity index (χ2n) is 5.08. The summed E-state index contributed by atoms with van der Waals surface area (Å²) in [5.41, 5.74) is 3.51. The van der Waals surface area contributed by atoms with Crippen molar-refractivity contribution in [1.29, 1.82) is 0 Å². The Morgan fingerprint density at radius 3 is 2.79 bits per heavy atom. The Bertz CT molecular complexity index is 570. The minimum Gasteiger partial charge on any atom is -0.493 e. The first-order chi connectivity index (χ1) is 11.5. The van der Waals surface area contributed by atoms with Crippen LogP contribution in [0, 0.1) is 0 Å². The molecule has 134 valence electrons. The molecular formula is C16H24ClN3O3S. The van der Waals surface area contributed by atoms with E-state index in [4.69, 9.17) is 38.0 Å². The number of nitrogens with one attached hydrogen (secondary N) is 2. The van der Waals surface area contributed by atoms with Crippen molar-refractivity contribution in [2.75, 3.05) is 27.4 Å². The molecule has 0 fully saturated rings. The van der Waals surface area contributed by atoms with Crippen LogP contribution >= 0.6 is 23.8 Å². The van der Waals surface area contributed by atoms with E-state index in [1.54, 1.807) is 32.6 Å². The zero-order valence-corrected chi connectivity index (χ0v) is 16.0. The minimum absolute atomic E-state index is 0.0923. The van der Waals surface area contributed by atoms with E-state index in [2.05, 4.69) is 15.8 Å². The third-order valence-corrected chi connectivity index (χ3v) is 3.37. The van der Waals surface area contributed by atoms with E-state index in [0.717, 1.165) is 12.0 Å².